The van der Waals surface area contributed by atoms with E-state index in [0.29, 0.717) is 0 Å². The van der Waals surface area contributed by atoms with E-state index in [4.69, 9.17) is 0 Å². The van der Waals surface area contributed by atoms with Crippen LogP contribution in [0, 0.1) is 0 Å². The lowest BCUT2D eigenvalue weighted by molar-refractivity contribution is 0.794. The number of rotatable bonds is 1. The van der Waals surface area contributed by atoms with E-state index in [1.807, 2.05) is 11.8 Å². The summed E-state index contributed by atoms with van der Waals surface area (Å²) in [5, 5.41) is 2.67. The standard InChI is InChI=1S/C41H24S/c1-5-17-32-26(12-1)27-13-2-6-18-33(27)41(32)34-19-7-3-14-30(34)39-28(16-10-20-35(39)41)29-24-23-25-11-9-22-37-38(25)40(29)31-15-4-8-21-36(31)42-37/h1-24H. The van der Waals surface area contributed by atoms with Gasteiger partial charge in [0.1, 0.15) is 0 Å². The van der Waals surface area contributed by atoms with Crippen molar-refractivity contribution in [2.45, 2.75) is 15.2 Å². The molecule has 0 saturated heterocycles. The van der Waals surface area contributed by atoms with Crippen molar-refractivity contribution in [3.05, 3.63) is 168 Å². The van der Waals surface area contributed by atoms with Gasteiger partial charge in [-0.15, -0.1) is 0 Å². The van der Waals surface area contributed by atoms with E-state index in [-0.39, 0.29) is 5.41 Å². The van der Waals surface area contributed by atoms with Crippen LogP contribution in [0.3, 0.4) is 0 Å². The molecule has 0 radical (unpaired) electrons. The fourth-order valence-corrected chi connectivity index (χ4v) is 9.32. The maximum Gasteiger partial charge on any atom is 0.0725 e. The molecule has 0 amide bonds. The third-order valence-electron chi connectivity index (χ3n) is 9.70. The van der Waals surface area contributed by atoms with Gasteiger partial charge in [-0.25, -0.2) is 0 Å². The van der Waals surface area contributed by atoms with Gasteiger partial charge < -0.3 is 0 Å². The minimum Gasteiger partial charge on any atom is -0.0888 e. The van der Waals surface area contributed by atoms with E-state index >= 15 is 0 Å². The minimum absolute atomic E-state index is 0.331. The van der Waals surface area contributed by atoms with Crippen LogP contribution < -0.4 is 0 Å². The van der Waals surface area contributed by atoms with Gasteiger partial charge in [-0.2, -0.15) is 0 Å². The third-order valence-corrected chi connectivity index (χ3v) is 10.8. The second kappa shape index (κ2) is 8.12. The summed E-state index contributed by atoms with van der Waals surface area (Å²) in [5.41, 5.74) is 15.9. The quantitative estimate of drug-likeness (QED) is 0.197. The lowest BCUT2D eigenvalue weighted by Crippen LogP contribution is -2.25. The molecule has 0 unspecified atom stereocenters. The van der Waals surface area contributed by atoms with E-state index < -0.39 is 0 Å². The summed E-state index contributed by atoms with van der Waals surface area (Å²) in [6.07, 6.45) is 0. The van der Waals surface area contributed by atoms with E-state index in [0.717, 1.165) is 0 Å². The van der Waals surface area contributed by atoms with Crippen molar-refractivity contribution in [2.24, 2.45) is 0 Å². The molecule has 1 spiro atoms. The van der Waals surface area contributed by atoms with Crippen LogP contribution in [0.1, 0.15) is 22.3 Å². The largest absolute Gasteiger partial charge is 0.0888 e. The van der Waals surface area contributed by atoms with Crippen molar-refractivity contribution < 1.29 is 0 Å². The van der Waals surface area contributed by atoms with Gasteiger partial charge in [0.15, 0.2) is 0 Å². The Labute approximate surface area is 249 Å². The zero-order valence-corrected chi connectivity index (χ0v) is 23.6. The zero-order chi connectivity index (χ0) is 27.4. The number of fused-ring (bicyclic) bond motifs is 12. The van der Waals surface area contributed by atoms with Gasteiger partial charge in [-0.1, -0.05) is 145 Å². The number of hydrogen-bond acceptors (Lipinski definition) is 1. The van der Waals surface area contributed by atoms with E-state index in [9.17, 15) is 0 Å². The van der Waals surface area contributed by atoms with Crippen LogP contribution in [0.5, 0.6) is 0 Å². The molecule has 0 saturated carbocycles. The summed E-state index contributed by atoms with van der Waals surface area (Å²) in [6, 6.07) is 54.6. The van der Waals surface area contributed by atoms with Crippen molar-refractivity contribution in [1.82, 2.24) is 0 Å². The van der Waals surface area contributed by atoms with Crippen LogP contribution in [0.4, 0.5) is 0 Å². The molecule has 7 aromatic carbocycles. The summed E-state index contributed by atoms with van der Waals surface area (Å²) in [6.45, 7) is 0. The molecule has 0 nitrogen and oxygen atoms in total. The Kier molecular flexibility index (Phi) is 4.41. The normalized spacial score (nSPS) is 14.3. The monoisotopic (exact) mass is 548 g/mol. The summed E-state index contributed by atoms with van der Waals surface area (Å²) in [4.78, 5) is 2.67. The molecule has 0 bridgehead atoms. The van der Waals surface area contributed by atoms with E-state index in [1.54, 1.807) is 0 Å². The lowest BCUT2D eigenvalue weighted by Gasteiger charge is -2.30. The minimum atomic E-state index is -0.331. The molecule has 0 aromatic heterocycles. The molecule has 194 valence electrons. The summed E-state index contributed by atoms with van der Waals surface area (Å²) < 4.78 is 0. The predicted molar refractivity (Wildman–Crippen MR) is 175 cm³/mol. The maximum absolute atomic E-state index is 2.39. The number of hydrogen-bond donors (Lipinski definition) is 0. The van der Waals surface area contributed by atoms with Crippen molar-refractivity contribution in [2.75, 3.05) is 0 Å². The second-order valence-corrected chi connectivity index (χ2v) is 12.6. The Morgan fingerprint density at radius 2 is 0.857 bits per heavy atom. The molecular weight excluding hydrogens is 525 g/mol. The highest BCUT2D eigenvalue weighted by atomic mass is 32.2. The van der Waals surface area contributed by atoms with Crippen molar-refractivity contribution in [1.29, 1.82) is 0 Å². The van der Waals surface area contributed by atoms with Crippen LogP contribution >= 0.6 is 11.8 Å². The molecule has 0 N–H and O–H groups in total. The molecule has 7 aromatic rings. The lowest BCUT2D eigenvalue weighted by atomic mass is 9.70. The molecule has 2 aliphatic carbocycles. The van der Waals surface area contributed by atoms with Gasteiger partial charge in [-0.05, 0) is 84.3 Å². The Bertz CT molecular complexity index is 2240. The molecule has 1 aliphatic heterocycles. The summed E-state index contributed by atoms with van der Waals surface area (Å²) >= 11 is 1.89. The zero-order valence-electron chi connectivity index (χ0n) is 22.8. The highest BCUT2D eigenvalue weighted by molar-refractivity contribution is 7.99. The molecule has 10 rings (SSSR count). The highest BCUT2D eigenvalue weighted by Crippen LogP contribution is 2.64. The number of benzene rings is 7. The fourth-order valence-electron chi connectivity index (χ4n) is 8.18. The highest BCUT2D eigenvalue weighted by Gasteiger charge is 2.52. The smallest absolute Gasteiger partial charge is 0.0725 e. The average Bonchev–Trinajstić information content (AvgIpc) is 3.53. The Hall–Kier alpha value is -4.85. The first-order valence-corrected chi connectivity index (χ1v) is 15.4. The van der Waals surface area contributed by atoms with Gasteiger partial charge in [0.05, 0.1) is 5.41 Å². The Balaban J connectivity index is 1.36. The van der Waals surface area contributed by atoms with E-state index in [2.05, 4.69) is 146 Å². The van der Waals surface area contributed by atoms with E-state index in [1.165, 1.54) is 87.3 Å². The van der Waals surface area contributed by atoms with Crippen LogP contribution in [-0.4, -0.2) is 0 Å². The van der Waals surface area contributed by atoms with Crippen LogP contribution in [-0.2, 0) is 5.41 Å². The molecule has 42 heavy (non-hydrogen) atoms. The molecule has 3 aliphatic rings. The molecule has 1 heteroatoms. The maximum atomic E-state index is 2.39. The predicted octanol–water partition coefficient (Wildman–Crippen LogP) is 11.0. The molecule has 0 fully saturated rings. The average molecular weight is 549 g/mol. The van der Waals surface area contributed by atoms with Crippen molar-refractivity contribution in [3.63, 3.8) is 0 Å². The summed E-state index contributed by atoms with van der Waals surface area (Å²) in [5.74, 6) is 0. The summed E-state index contributed by atoms with van der Waals surface area (Å²) in [7, 11) is 0. The molecule has 0 atom stereocenters. The van der Waals surface area contributed by atoms with Gasteiger partial charge in [-0.3, -0.25) is 0 Å². The molecule has 1 heterocycles. The van der Waals surface area contributed by atoms with Crippen molar-refractivity contribution >= 4 is 22.5 Å². The SMILES string of the molecule is c1ccc2c(c1)Sc1cccc3ccc(-c4cccc5c4-c4ccccc4C54c5ccccc5-c5ccccc54)c-2c13. The first-order chi connectivity index (χ1) is 20.9. The van der Waals surface area contributed by atoms with Crippen LogP contribution in [0.25, 0.3) is 55.3 Å². The third kappa shape index (κ3) is 2.66. The van der Waals surface area contributed by atoms with Crippen LogP contribution in [0.15, 0.2) is 155 Å². The Morgan fingerprint density at radius 3 is 1.62 bits per heavy atom. The first-order valence-electron chi connectivity index (χ1n) is 14.6. The van der Waals surface area contributed by atoms with Gasteiger partial charge in [0, 0.05) is 15.2 Å². The van der Waals surface area contributed by atoms with Gasteiger partial charge in [0.25, 0.3) is 0 Å². The fraction of sp³-hybridized carbons (Fsp3) is 0.0244. The van der Waals surface area contributed by atoms with Gasteiger partial charge in [0.2, 0.25) is 0 Å². The Morgan fingerprint density at radius 1 is 0.333 bits per heavy atom. The molecular formula is C41H24S. The first kappa shape index (κ1) is 22.8. The van der Waals surface area contributed by atoms with Crippen molar-refractivity contribution in [3.8, 4) is 44.5 Å². The topological polar surface area (TPSA) is 0 Å². The van der Waals surface area contributed by atoms with Crippen LogP contribution in [0.2, 0.25) is 0 Å². The van der Waals surface area contributed by atoms with Gasteiger partial charge >= 0.3 is 0 Å². The second-order valence-electron chi connectivity index (χ2n) is 11.6.